The van der Waals surface area contributed by atoms with Gasteiger partial charge in [-0.25, -0.2) is 13.8 Å². The van der Waals surface area contributed by atoms with E-state index in [9.17, 15) is 18.8 Å². The maximum Gasteiger partial charge on any atom is 0.336 e. The Bertz CT molecular complexity index is 1340. The van der Waals surface area contributed by atoms with Crippen molar-refractivity contribution in [1.29, 1.82) is 0 Å². The maximum atomic E-state index is 13.3. The molecule has 1 N–H and O–H groups in total. The molecule has 6 nitrogen and oxygen atoms in total. The molecule has 0 radical (unpaired) electrons. The molecule has 0 aliphatic rings. The molecule has 0 atom stereocenters. The summed E-state index contributed by atoms with van der Waals surface area (Å²) >= 11 is 1.19. The monoisotopic (exact) mass is 423 g/mol. The Kier molecular flexibility index (Phi) is 5.33. The van der Waals surface area contributed by atoms with Crippen LogP contribution in [0.15, 0.2) is 69.6 Å². The first-order valence-electron chi connectivity index (χ1n) is 9.25. The molecule has 0 bridgehead atoms. The van der Waals surface area contributed by atoms with Gasteiger partial charge in [-0.1, -0.05) is 29.8 Å². The van der Waals surface area contributed by atoms with E-state index in [-0.39, 0.29) is 18.1 Å². The van der Waals surface area contributed by atoms with Crippen molar-refractivity contribution in [2.24, 2.45) is 0 Å². The molecule has 0 fully saturated rings. The molecule has 30 heavy (non-hydrogen) atoms. The van der Waals surface area contributed by atoms with Crippen LogP contribution in [0.2, 0.25) is 0 Å². The third kappa shape index (κ3) is 3.81. The van der Waals surface area contributed by atoms with Crippen LogP contribution in [0.5, 0.6) is 0 Å². The topological polar surface area (TPSA) is 73.1 Å². The predicted molar refractivity (Wildman–Crippen MR) is 115 cm³/mol. The van der Waals surface area contributed by atoms with Crippen LogP contribution in [0.3, 0.4) is 0 Å². The number of aromatic nitrogens is 2. The molecule has 1 amide bonds. The molecule has 2 heterocycles. The van der Waals surface area contributed by atoms with Gasteiger partial charge in [0, 0.05) is 6.54 Å². The van der Waals surface area contributed by atoms with Gasteiger partial charge in [0.2, 0.25) is 5.91 Å². The summed E-state index contributed by atoms with van der Waals surface area (Å²) in [6.45, 7) is 2.08. The molecule has 0 saturated heterocycles. The first-order chi connectivity index (χ1) is 14.4. The van der Waals surface area contributed by atoms with E-state index in [1.807, 2.05) is 31.2 Å². The Hall–Kier alpha value is -3.52. The summed E-state index contributed by atoms with van der Waals surface area (Å²) in [5.41, 5.74) is 1.57. The second kappa shape index (κ2) is 8.08. The zero-order valence-electron chi connectivity index (χ0n) is 16.1. The van der Waals surface area contributed by atoms with Gasteiger partial charge < -0.3 is 5.32 Å². The first kappa shape index (κ1) is 19.8. The number of thiophene rings is 1. The molecular weight excluding hydrogens is 405 g/mol. The van der Waals surface area contributed by atoms with Crippen LogP contribution in [0.4, 0.5) is 4.39 Å². The SMILES string of the molecule is Cc1ccc(CNC(=O)Cn2c(=O)n(-c3ccc(F)cc3)c(=O)c3sccc32)cc1. The van der Waals surface area contributed by atoms with E-state index in [2.05, 4.69) is 5.32 Å². The number of carbonyl (C=O) groups is 1. The van der Waals surface area contributed by atoms with Gasteiger partial charge in [0.25, 0.3) is 5.56 Å². The lowest BCUT2D eigenvalue weighted by Crippen LogP contribution is -2.41. The quantitative estimate of drug-likeness (QED) is 0.536. The van der Waals surface area contributed by atoms with Crippen molar-refractivity contribution in [3.05, 3.63) is 97.8 Å². The molecule has 0 spiro atoms. The van der Waals surface area contributed by atoms with Crippen LogP contribution < -0.4 is 16.6 Å². The van der Waals surface area contributed by atoms with Gasteiger partial charge in [0.05, 0.1) is 11.2 Å². The molecule has 8 heteroatoms. The molecule has 0 aliphatic carbocycles. The average molecular weight is 423 g/mol. The fourth-order valence-corrected chi connectivity index (χ4v) is 3.99. The highest BCUT2D eigenvalue weighted by Gasteiger charge is 2.17. The number of carbonyl (C=O) groups excluding carboxylic acids is 1. The van der Waals surface area contributed by atoms with E-state index in [0.29, 0.717) is 16.8 Å². The number of halogens is 1. The molecule has 4 rings (SSSR count). The fraction of sp³-hybridized carbons (Fsp3) is 0.136. The van der Waals surface area contributed by atoms with E-state index in [0.717, 1.165) is 15.7 Å². The van der Waals surface area contributed by atoms with Gasteiger partial charge in [0.1, 0.15) is 17.1 Å². The third-order valence-electron chi connectivity index (χ3n) is 4.75. The lowest BCUT2D eigenvalue weighted by molar-refractivity contribution is -0.121. The van der Waals surface area contributed by atoms with Crippen molar-refractivity contribution in [1.82, 2.24) is 14.5 Å². The number of nitrogens with one attached hydrogen (secondary N) is 1. The number of aryl methyl sites for hydroxylation is 1. The number of nitrogens with zero attached hydrogens (tertiary/aromatic N) is 2. The fourth-order valence-electron chi connectivity index (χ4n) is 3.16. The summed E-state index contributed by atoms with van der Waals surface area (Å²) in [5.74, 6) is -0.825. The molecule has 4 aromatic rings. The van der Waals surface area contributed by atoms with Gasteiger partial charge in [-0.15, -0.1) is 11.3 Å². The van der Waals surface area contributed by atoms with Gasteiger partial charge in [-0.3, -0.25) is 14.2 Å². The summed E-state index contributed by atoms with van der Waals surface area (Å²) in [7, 11) is 0. The largest absolute Gasteiger partial charge is 0.350 e. The smallest absolute Gasteiger partial charge is 0.336 e. The summed E-state index contributed by atoms with van der Waals surface area (Å²) in [6, 6.07) is 14.5. The minimum absolute atomic E-state index is 0.237. The first-order valence-corrected chi connectivity index (χ1v) is 10.1. The zero-order valence-corrected chi connectivity index (χ0v) is 16.9. The Labute approximate surface area is 174 Å². The van der Waals surface area contributed by atoms with E-state index < -0.39 is 17.1 Å². The van der Waals surface area contributed by atoms with Gasteiger partial charge >= 0.3 is 5.69 Å². The number of amides is 1. The molecule has 152 valence electrons. The Morgan fingerprint density at radius 1 is 1.03 bits per heavy atom. The minimum atomic E-state index is -0.650. The van der Waals surface area contributed by atoms with E-state index in [4.69, 9.17) is 0 Å². The van der Waals surface area contributed by atoms with E-state index >= 15 is 0 Å². The van der Waals surface area contributed by atoms with Gasteiger partial charge in [-0.2, -0.15) is 0 Å². The van der Waals surface area contributed by atoms with Crippen molar-refractivity contribution in [3.8, 4) is 5.69 Å². The Morgan fingerprint density at radius 3 is 2.43 bits per heavy atom. The standard InChI is InChI=1S/C22H18FN3O3S/c1-14-2-4-15(5-3-14)12-24-19(27)13-25-18-10-11-30-20(18)21(28)26(22(25)29)17-8-6-16(23)7-9-17/h2-11H,12-13H2,1H3,(H,24,27). The number of benzene rings is 2. The van der Waals surface area contributed by atoms with Crippen LogP contribution in [0.1, 0.15) is 11.1 Å². The number of rotatable bonds is 5. The second-order valence-electron chi connectivity index (χ2n) is 6.88. The maximum absolute atomic E-state index is 13.3. The molecule has 2 aromatic carbocycles. The van der Waals surface area contributed by atoms with Gasteiger partial charge in [0.15, 0.2) is 0 Å². The summed E-state index contributed by atoms with van der Waals surface area (Å²) in [6.07, 6.45) is 0. The number of hydrogen-bond acceptors (Lipinski definition) is 4. The van der Waals surface area contributed by atoms with Crippen molar-refractivity contribution >= 4 is 27.5 Å². The van der Waals surface area contributed by atoms with E-state index in [1.165, 1.54) is 40.2 Å². The lowest BCUT2D eigenvalue weighted by Gasteiger charge is -2.12. The normalized spacial score (nSPS) is 11.0. The third-order valence-corrected chi connectivity index (χ3v) is 5.64. The number of fused-ring (bicyclic) bond motifs is 1. The highest BCUT2D eigenvalue weighted by Crippen LogP contribution is 2.16. The predicted octanol–water partition coefficient (Wildman–Crippen LogP) is 2.98. The molecule has 0 unspecified atom stereocenters. The second-order valence-corrected chi connectivity index (χ2v) is 7.80. The van der Waals surface area contributed by atoms with Crippen LogP contribution in [-0.4, -0.2) is 15.0 Å². The van der Waals surface area contributed by atoms with Crippen molar-refractivity contribution in [2.75, 3.05) is 0 Å². The highest BCUT2D eigenvalue weighted by molar-refractivity contribution is 7.17. The van der Waals surface area contributed by atoms with Crippen LogP contribution in [-0.2, 0) is 17.9 Å². The Balaban J connectivity index is 1.68. The van der Waals surface area contributed by atoms with Crippen LogP contribution in [0, 0.1) is 12.7 Å². The van der Waals surface area contributed by atoms with Crippen LogP contribution >= 0.6 is 11.3 Å². The summed E-state index contributed by atoms with van der Waals surface area (Å²) < 4.78 is 15.9. The molecule has 2 aromatic heterocycles. The highest BCUT2D eigenvalue weighted by atomic mass is 32.1. The van der Waals surface area contributed by atoms with E-state index in [1.54, 1.807) is 11.4 Å². The molecule has 0 saturated carbocycles. The summed E-state index contributed by atoms with van der Waals surface area (Å²) in [5, 5.41) is 4.50. The molecule has 0 aliphatic heterocycles. The minimum Gasteiger partial charge on any atom is -0.350 e. The van der Waals surface area contributed by atoms with Crippen molar-refractivity contribution in [2.45, 2.75) is 20.0 Å². The molecular formula is C22H18FN3O3S. The van der Waals surface area contributed by atoms with Gasteiger partial charge in [-0.05, 0) is 48.2 Å². The van der Waals surface area contributed by atoms with Crippen molar-refractivity contribution in [3.63, 3.8) is 0 Å². The number of hydrogen-bond donors (Lipinski definition) is 1. The lowest BCUT2D eigenvalue weighted by atomic mass is 10.1. The van der Waals surface area contributed by atoms with Crippen molar-refractivity contribution < 1.29 is 9.18 Å². The van der Waals surface area contributed by atoms with Crippen LogP contribution in [0.25, 0.3) is 15.9 Å². The Morgan fingerprint density at radius 2 is 1.73 bits per heavy atom. The average Bonchev–Trinajstić information content (AvgIpc) is 3.22. The summed E-state index contributed by atoms with van der Waals surface area (Å²) in [4.78, 5) is 38.5. The zero-order chi connectivity index (χ0) is 21.3.